The SMILES string of the molecule is CNCCCC(NC(=O)C(NC(CCCCCN1C(=O)CC(C)C1=O)C(F)(F)F)C(C)C)C(=O)Nc1ccc(COC(C)=O)cc1. The first-order valence-electron chi connectivity index (χ1n) is 15.8. The Hall–Kier alpha value is -3.52. The molecule has 258 valence electrons. The molecule has 14 heteroatoms. The van der Waals surface area contributed by atoms with Crippen molar-refractivity contribution in [1.82, 2.24) is 20.9 Å². The van der Waals surface area contributed by atoms with Gasteiger partial charge >= 0.3 is 12.1 Å². The number of benzene rings is 1. The monoisotopic (exact) mass is 655 g/mol. The van der Waals surface area contributed by atoms with Crippen molar-refractivity contribution in [3.05, 3.63) is 29.8 Å². The summed E-state index contributed by atoms with van der Waals surface area (Å²) in [6.45, 7) is 7.05. The molecule has 0 aliphatic carbocycles. The molecule has 1 heterocycles. The topological polar surface area (TPSA) is 146 Å². The zero-order valence-corrected chi connectivity index (χ0v) is 27.3. The molecule has 46 heavy (non-hydrogen) atoms. The summed E-state index contributed by atoms with van der Waals surface area (Å²) in [5.74, 6) is -3.06. The van der Waals surface area contributed by atoms with Gasteiger partial charge in [-0.3, -0.25) is 34.2 Å². The number of anilines is 1. The van der Waals surface area contributed by atoms with Crippen LogP contribution in [0.2, 0.25) is 0 Å². The maximum Gasteiger partial charge on any atom is 0.403 e. The molecule has 0 aromatic heterocycles. The fourth-order valence-electron chi connectivity index (χ4n) is 5.12. The lowest BCUT2D eigenvalue weighted by molar-refractivity contribution is -0.161. The van der Waals surface area contributed by atoms with Crippen LogP contribution in [-0.2, 0) is 35.3 Å². The first-order valence-corrected chi connectivity index (χ1v) is 15.8. The third-order valence-corrected chi connectivity index (χ3v) is 7.79. The van der Waals surface area contributed by atoms with Crippen LogP contribution in [0.1, 0.15) is 78.2 Å². The summed E-state index contributed by atoms with van der Waals surface area (Å²) in [4.78, 5) is 62.8. The fourth-order valence-corrected chi connectivity index (χ4v) is 5.12. The van der Waals surface area contributed by atoms with Gasteiger partial charge in [-0.2, -0.15) is 13.2 Å². The van der Waals surface area contributed by atoms with Gasteiger partial charge in [-0.05, 0) is 62.9 Å². The van der Waals surface area contributed by atoms with Gasteiger partial charge in [0.05, 0.1) is 6.04 Å². The van der Waals surface area contributed by atoms with Gasteiger partial charge in [0.15, 0.2) is 0 Å². The van der Waals surface area contributed by atoms with E-state index in [1.54, 1.807) is 52.1 Å². The maximum atomic E-state index is 14.1. The zero-order valence-electron chi connectivity index (χ0n) is 27.3. The molecule has 0 spiro atoms. The summed E-state index contributed by atoms with van der Waals surface area (Å²) in [5, 5.41) is 10.9. The smallest absolute Gasteiger partial charge is 0.403 e. The zero-order chi connectivity index (χ0) is 34.4. The number of nitrogens with zero attached hydrogens (tertiary/aromatic N) is 1. The summed E-state index contributed by atoms with van der Waals surface area (Å²) in [6, 6.07) is 2.39. The van der Waals surface area contributed by atoms with Crippen molar-refractivity contribution < 1.29 is 41.9 Å². The number of unbranched alkanes of at least 4 members (excludes halogenated alkanes) is 2. The number of alkyl halides is 3. The van der Waals surface area contributed by atoms with Crippen molar-refractivity contribution in [1.29, 1.82) is 0 Å². The van der Waals surface area contributed by atoms with E-state index in [4.69, 9.17) is 4.74 Å². The number of esters is 1. The first-order chi connectivity index (χ1) is 21.6. The van der Waals surface area contributed by atoms with Crippen molar-refractivity contribution in [2.24, 2.45) is 11.8 Å². The summed E-state index contributed by atoms with van der Waals surface area (Å²) in [6.07, 6.45) is -3.07. The predicted octanol–water partition coefficient (Wildman–Crippen LogP) is 3.67. The summed E-state index contributed by atoms with van der Waals surface area (Å²) >= 11 is 0. The Labute approximate surface area is 268 Å². The Morgan fingerprint density at radius 2 is 1.67 bits per heavy atom. The van der Waals surface area contributed by atoms with Gasteiger partial charge in [0.25, 0.3) is 0 Å². The van der Waals surface area contributed by atoms with E-state index < -0.39 is 48.0 Å². The van der Waals surface area contributed by atoms with E-state index in [1.165, 1.54) is 11.8 Å². The largest absolute Gasteiger partial charge is 0.461 e. The van der Waals surface area contributed by atoms with Crippen LogP contribution in [0, 0.1) is 11.8 Å². The number of rotatable bonds is 19. The molecular weight excluding hydrogens is 607 g/mol. The maximum absolute atomic E-state index is 14.1. The lowest BCUT2D eigenvalue weighted by Gasteiger charge is -2.30. The summed E-state index contributed by atoms with van der Waals surface area (Å²) in [5.41, 5.74) is 1.15. The van der Waals surface area contributed by atoms with Gasteiger partial charge in [-0.15, -0.1) is 0 Å². The standard InChI is InChI=1S/C32H48F3N5O6/c1-20(2)28(39-26(32(33,34)35)11-7-6-8-17-40-27(42)18-21(3)31(40)45)30(44)38-25(10-9-16-36-5)29(43)37-24-14-12-23(13-15-24)19-46-22(4)41/h12-15,20-21,25-26,28,36,39H,6-11,16-19H2,1-5H3,(H,37,43)(H,38,44). The molecule has 1 aromatic carbocycles. The normalized spacial score (nSPS) is 17.2. The number of carbonyl (C=O) groups is 5. The van der Waals surface area contributed by atoms with Crippen LogP contribution in [0.15, 0.2) is 24.3 Å². The van der Waals surface area contributed by atoms with Crippen LogP contribution >= 0.6 is 0 Å². The molecule has 0 saturated carbocycles. The highest BCUT2D eigenvalue weighted by atomic mass is 19.4. The second-order valence-electron chi connectivity index (χ2n) is 12.1. The van der Waals surface area contributed by atoms with Crippen LogP contribution in [0.5, 0.6) is 0 Å². The van der Waals surface area contributed by atoms with Crippen LogP contribution in [-0.4, -0.2) is 78.9 Å². The molecule has 1 aliphatic heterocycles. The lowest BCUT2D eigenvalue weighted by Crippen LogP contribution is -2.58. The Morgan fingerprint density at radius 3 is 2.22 bits per heavy atom. The third-order valence-electron chi connectivity index (χ3n) is 7.79. The molecule has 11 nitrogen and oxygen atoms in total. The van der Waals surface area contributed by atoms with E-state index in [1.807, 2.05) is 0 Å². The number of carbonyl (C=O) groups excluding carboxylic acids is 5. The molecule has 4 unspecified atom stereocenters. The van der Waals surface area contributed by atoms with Crippen molar-refractivity contribution in [3.63, 3.8) is 0 Å². The highest BCUT2D eigenvalue weighted by Crippen LogP contribution is 2.26. The Bertz CT molecular complexity index is 1180. The molecule has 1 fully saturated rings. The highest BCUT2D eigenvalue weighted by molar-refractivity contribution is 6.03. The van der Waals surface area contributed by atoms with E-state index in [9.17, 15) is 37.1 Å². The van der Waals surface area contributed by atoms with Crippen molar-refractivity contribution in [2.45, 2.75) is 104 Å². The van der Waals surface area contributed by atoms with E-state index in [0.29, 0.717) is 37.1 Å². The molecule has 4 N–H and O–H groups in total. The van der Waals surface area contributed by atoms with Crippen LogP contribution < -0.4 is 21.3 Å². The van der Waals surface area contributed by atoms with Crippen molar-refractivity contribution in [2.75, 3.05) is 25.5 Å². The van der Waals surface area contributed by atoms with Gasteiger partial charge in [0, 0.05) is 31.5 Å². The van der Waals surface area contributed by atoms with Gasteiger partial charge in [-0.25, -0.2) is 0 Å². The minimum atomic E-state index is -4.63. The van der Waals surface area contributed by atoms with E-state index in [-0.39, 0.29) is 56.6 Å². The summed E-state index contributed by atoms with van der Waals surface area (Å²) in [7, 11) is 1.74. The van der Waals surface area contributed by atoms with E-state index in [0.717, 1.165) is 0 Å². The first kappa shape index (κ1) is 38.7. The summed E-state index contributed by atoms with van der Waals surface area (Å²) < 4.78 is 47.2. The van der Waals surface area contributed by atoms with Crippen LogP contribution in [0.3, 0.4) is 0 Å². The second kappa shape index (κ2) is 18.6. The number of hydrogen-bond donors (Lipinski definition) is 4. The fraction of sp³-hybridized carbons (Fsp3) is 0.656. The number of hydrogen-bond acceptors (Lipinski definition) is 8. The number of nitrogens with one attached hydrogen (secondary N) is 4. The quantitative estimate of drug-likeness (QED) is 0.100. The molecule has 0 radical (unpaired) electrons. The van der Waals surface area contributed by atoms with Gasteiger partial charge in [0.2, 0.25) is 23.6 Å². The van der Waals surface area contributed by atoms with Gasteiger partial charge in [0.1, 0.15) is 18.7 Å². The Kier molecular flexibility index (Phi) is 15.6. The number of likely N-dealkylation sites (tertiary alicyclic amines) is 1. The molecule has 1 aromatic rings. The van der Waals surface area contributed by atoms with Gasteiger partial charge in [-0.1, -0.05) is 45.7 Å². The number of amides is 4. The molecule has 1 aliphatic rings. The molecule has 2 rings (SSSR count). The average Bonchev–Trinajstić information content (AvgIpc) is 3.22. The lowest BCUT2D eigenvalue weighted by atomic mass is 9.99. The highest BCUT2D eigenvalue weighted by Gasteiger charge is 2.42. The van der Waals surface area contributed by atoms with Crippen molar-refractivity contribution >= 4 is 35.3 Å². The minimum Gasteiger partial charge on any atom is -0.461 e. The molecular formula is C32H48F3N5O6. The van der Waals surface area contributed by atoms with Gasteiger partial charge < -0.3 is 20.7 Å². The second-order valence-corrected chi connectivity index (χ2v) is 12.1. The number of imide groups is 1. The van der Waals surface area contributed by atoms with E-state index in [2.05, 4.69) is 21.3 Å². The van der Waals surface area contributed by atoms with Crippen molar-refractivity contribution in [3.8, 4) is 0 Å². The molecule has 4 amide bonds. The van der Waals surface area contributed by atoms with E-state index >= 15 is 0 Å². The number of halogens is 3. The van der Waals surface area contributed by atoms with Crippen LogP contribution in [0.25, 0.3) is 0 Å². The molecule has 4 atom stereocenters. The third kappa shape index (κ3) is 12.7. The molecule has 0 bridgehead atoms. The minimum absolute atomic E-state index is 0.0781. The Morgan fingerprint density at radius 1 is 1.00 bits per heavy atom. The Balaban J connectivity index is 2.03. The number of ether oxygens (including phenoxy) is 1. The predicted molar refractivity (Wildman–Crippen MR) is 166 cm³/mol. The molecule has 1 saturated heterocycles. The van der Waals surface area contributed by atoms with Crippen LogP contribution in [0.4, 0.5) is 18.9 Å². The average molecular weight is 656 g/mol.